The van der Waals surface area contributed by atoms with E-state index in [-0.39, 0.29) is 0 Å². The summed E-state index contributed by atoms with van der Waals surface area (Å²) in [5, 5.41) is 0. The number of hydrogen-bond donors (Lipinski definition) is 1. The van der Waals surface area contributed by atoms with E-state index >= 15 is 0 Å². The average Bonchev–Trinajstić information content (AvgIpc) is 2.43. The van der Waals surface area contributed by atoms with Crippen molar-refractivity contribution in [2.45, 2.75) is 31.0 Å². The zero-order valence-corrected chi connectivity index (χ0v) is 13.0. The molecule has 0 aromatic heterocycles. The summed E-state index contributed by atoms with van der Waals surface area (Å²) in [5.41, 5.74) is -1.30. The zero-order chi connectivity index (χ0) is 17.1. The molecule has 1 atom stereocenters. The van der Waals surface area contributed by atoms with Crippen molar-refractivity contribution in [3.63, 3.8) is 0 Å². The maximum absolute atomic E-state index is 12.9. The summed E-state index contributed by atoms with van der Waals surface area (Å²) in [6.07, 6.45) is -4.83. The Morgan fingerprint density at radius 2 is 1.77 bits per heavy atom. The highest BCUT2D eigenvalue weighted by molar-refractivity contribution is 7.89. The van der Waals surface area contributed by atoms with E-state index < -0.39 is 44.6 Å². The van der Waals surface area contributed by atoms with Crippen molar-refractivity contribution in [2.24, 2.45) is 5.92 Å². The van der Waals surface area contributed by atoms with Crippen LogP contribution < -0.4 is 4.72 Å². The van der Waals surface area contributed by atoms with Crippen LogP contribution >= 0.6 is 0 Å². The smallest absolute Gasteiger partial charge is 0.417 e. The third kappa shape index (κ3) is 4.20. The van der Waals surface area contributed by atoms with Crippen molar-refractivity contribution < 1.29 is 31.1 Å². The Kier molecular flexibility index (Phi) is 5.58. The molecule has 1 rings (SSSR count). The lowest BCUT2D eigenvalue weighted by Crippen LogP contribution is -2.45. The predicted molar refractivity (Wildman–Crippen MR) is 72.4 cm³/mol. The highest BCUT2D eigenvalue weighted by atomic mass is 32.2. The van der Waals surface area contributed by atoms with Gasteiger partial charge in [-0.2, -0.15) is 17.9 Å². The predicted octanol–water partition coefficient (Wildman–Crippen LogP) is 2.18. The van der Waals surface area contributed by atoms with Crippen molar-refractivity contribution in [3.8, 4) is 0 Å². The first-order valence-electron chi connectivity index (χ1n) is 6.27. The van der Waals surface area contributed by atoms with Gasteiger partial charge in [-0.05, 0) is 18.1 Å². The summed E-state index contributed by atoms with van der Waals surface area (Å²) < 4.78 is 69.6. The third-order valence-electron chi connectivity index (χ3n) is 2.89. The second-order valence-electron chi connectivity index (χ2n) is 4.86. The molecule has 0 radical (unpaired) electrons. The molecule has 9 heteroatoms. The number of halogens is 3. The van der Waals surface area contributed by atoms with E-state index in [2.05, 4.69) is 4.74 Å². The van der Waals surface area contributed by atoms with E-state index in [1.165, 1.54) is 6.07 Å². The number of nitrogens with one attached hydrogen (secondary N) is 1. The summed E-state index contributed by atoms with van der Waals surface area (Å²) in [4.78, 5) is 10.6. The Morgan fingerprint density at radius 1 is 1.23 bits per heavy atom. The first-order valence-corrected chi connectivity index (χ1v) is 7.75. The first kappa shape index (κ1) is 18.4. The quantitative estimate of drug-likeness (QED) is 0.835. The van der Waals surface area contributed by atoms with Gasteiger partial charge in [-0.1, -0.05) is 26.0 Å². The zero-order valence-electron chi connectivity index (χ0n) is 12.1. The fraction of sp³-hybridized carbons (Fsp3) is 0.462. The Hall–Kier alpha value is -1.61. The molecule has 1 N–H and O–H groups in total. The third-order valence-corrected chi connectivity index (χ3v) is 4.39. The maximum atomic E-state index is 12.9. The number of carbonyl (C=O) groups excluding carboxylic acids is 1. The largest absolute Gasteiger partial charge is 0.468 e. The van der Waals surface area contributed by atoms with Gasteiger partial charge in [-0.15, -0.1) is 0 Å². The average molecular weight is 339 g/mol. The van der Waals surface area contributed by atoms with Crippen LogP contribution in [0.15, 0.2) is 29.2 Å². The van der Waals surface area contributed by atoms with E-state index in [4.69, 9.17) is 0 Å². The second kappa shape index (κ2) is 6.66. The number of benzene rings is 1. The van der Waals surface area contributed by atoms with Crippen LogP contribution in [0.1, 0.15) is 19.4 Å². The summed E-state index contributed by atoms with van der Waals surface area (Å²) >= 11 is 0. The monoisotopic (exact) mass is 339 g/mol. The summed E-state index contributed by atoms with van der Waals surface area (Å²) in [7, 11) is -3.48. The van der Waals surface area contributed by atoms with Crippen LogP contribution in [0.3, 0.4) is 0 Å². The molecule has 5 nitrogen and oxygen atoms in total. The number of carbonyl (C=O) groups is 1. The lowest BCUT2D eigenvalue weighted by molar-refractivity contribution is -0.143. The standard InChI is InChI=1S/C13H16F3NO4S/c1-8(2)11(12(18)21-3)17-22(19,20)10-7-5-4-6-9(10)13(14,15)16/h4-8,11,17H,1-3H3. The number of alkyl halides is 3. The lowest BCUT2D eigenvalue weighted by atomic mass is 10.1. The van der Waals surface area contributed by atoms with Crippen molar-refractivity contribution in [2.75, 3.05) is 7.11 Å². The van der Waals surface area contributed by atoms with E-state index in [1.54, 1.807) is 13.8 Å². The molecule has 0 fully saturated rings. The van der Waals surface area contributed by atoms with Gasteiger partial charge in [0, 0.05) is 0 Å². The van der Waals surface area contributed by atoms with Crippen molar-refractivity contribution in [3.05, 3.63) is 29.8 Å². The van der Waals surface area contributed by atoms with Gasteiger partial charge < -0.3 is 4.74 Å². The molecule has 22 heavy (non-hydrogen) atoms. The molecule has 1 aromatic carbocycles. The van der Waals surface area contributed by atoms with E-state index in [0.717, 1.165) is 19.2 Å². The van der Waals surface area contributed by atoms with Gasteiger partial charge in [-0.25, -0.2) is 8.42 Å². The molecule has 0 amide bonds. The molecule has 0 saturated heterocycles. The molecule has 0 aliphatic rings. The molecule has 0 aliphatic heterocycles. The Morgan fingerprint density at radius 3 is 2.23 bits per heavy atom. The van der Waals surface area contributed by atoms with Gasteiger partial charge in [0.1, 0.15) is 6.04 Å². The Balaban J connectivity index is 3.29. The Bertz CT molecular complexity index is 641. The van der Waals surface area contributed by atoms with E-state index in [0.29, 0.717) is 6.07 Å². The van der Waals surface area contributed by atoms with Gasteiger partial charge in [0.15, 0.2) is 0 Å². The number of ether oxygens (including phenoxy) is 1. The molecule has 1 unspecified atom stereocenters. The lowest BCUT2D eigenvalue weighted by Gasteiger charge is -2.21. The fourth-order valence-electron chi connectivity index (χ4n) is 1.75. The minimum atomic E-state index is -4.83. The van der Waals surface area contributed by atoms with Gasteiger partial charge >= 0.3 is 12.1 Å². The second-order valence-corrected chi connectivity index (χ2v) is 6.54. The number of esters is 1. The number of hydrogen-bond acceptors (Lipinski definition) is 4. The molecular weight excluding hydrogens is 323 g/mol. The van der Waals surface area contributed by atoms with Crippen molar-refractivity contribution in [1.29, 1.82) is 0 Å². The summed E-state index contributed by atoms with van der Waals surface area (Å²) in [6, 6.07) is 2.47. The summed E-state index contributed by atoms with van der Waals surface area (Å²) in [6.45, 7) is 3.08. The molecule has 0 bridgehead atoms. The van der Waals surface area contributed by atoms with Crippen LogP contribution in [0, 0.1) is 5.92 Å². The van der Waals surface area contributed by atoms with Crippen LogP contribution in [-0.2, 0) is 25.7 Å². The summed E-state index contributed by atoms with van der Waals surface area (Å²) in [5.74, 6) is -1.37. The van der Waals surface area contributed by atoms with Crippen molar-refractivity contribution in [1.82, 2.24) is 4.72 Å². The highest BCUT2D eigenvalue weighted by Crippen LogP contribution is 2.34. The topological polar surface area (TPSA) is 72.5 Å². The minimum absolute atomic E-state index is 0.500. The number of rotatable bonds is 5. The van der Waals surface area contributed by atoms with Crippen LogP contribution in [-0.4, -0.2) is 27.5 Å². The number of methoxy groups -OCH3 is 1. The Labute approximate surface area is 126 Å². The fourth-order valence-corrected chi connectivity index (χ4v) is 3.31. The van der Waals surface area contributed by atoms with Crippen LogP contribution in [0.5, 0.6) is 0 Å². The molecule has 0 saturated carbocycles. The minimum Gasteiger partial charge on any atom is -0.468 e. The van der Waals surface area contributed by atoms with Gasteiger partial charge in [0.05, 0.1) is 17.6 Å². The van der Waals surface area contributed by atoms with Crippen molar-refractivity contribution >= 4 is 16.0 Å². The van der Waals surface area contributed by atoms with Crippen LogP contribution in [0.4, 0.5) is 13.2 Å². The molecule has 124 valence electrons. The molecule has 0 spiro atoms. The molecule has 1 aromatic rings. The van der Waals surface area contributed by atoms with Crippen LogP contribution in [0.25, 0.3) is 0 Å². The SMILES string of the molecule is COC(=O)C(NS(=O)(=O)c1ccccc1C(F)(F)F)C(C)C. The molecular formula is C13H16F3NO4S. The first-order chi connectivity index (χ1) is 10.0. The van der Waals surface area contributed by atoms with Gasteiger partial charge in [0.2, 0.25) is 10.0 Å². The molecule has 0 heterocycles. The van der Waals surface area contributed by atoms with Gasteiger partial charge in [-0.3, -0.25) is 4.79 Å². The maximum Gasteiger partial charge on any atom is 0.417 e. The number of sulfonamides is 1. The molecule has 0 aliphatic carbocycles. The van der Waals surface area contributed by atoms with E-state index in [1.807, 2.05) is 4.72 Å². The van der Waals surface area contributed by atoms with Gasteiger partial charge in [0.25, 0.3) is 0 Å². The van der Waals surface area contributed by atoms with E-state index in [9.17, 15) is 26.4 Å². The van der Waals surface area contributed by atoms with Crippen LogP contribution in [0.2, 0.25) is 0 Å². The highest BCUT2D eigenvalue weighted by Gasteiger charge is 2.38. The normalized spacial score (nSPS) is 14.0.